The Labute approximate surface area is 179 Å². The van der Waals surface area contributed by atoms with Crippen LogP contribution >= 0.6 is 11.6 Å². The molecule has 7 heteroatoms. The van der Waals surface area contributed by atoms with E-state index in [1.54, 1.807) is 13.0 Å². The molecule has 30 heavy (non-hydrogen) atoms. The first-order valence-electron chi connectivity index (χ1n) is 9.41. The van der Waals surface area contributed by atoms with Gasteiger partial charge in [0.15, 0.2) is 6.61 Å². The Morgan fingerprint density at radius 1 is 1.13 bits per heavy atom. The lowest BCUT2D eigenvalue weighted by Crippen LogP contribution is -2.35. The molecule has 0 aliphatic rings. The zero-order chi connectivity index (χ0) is 21.8. The van der Waals surface area contributed by atoms with Crippen molar-refractivity contribution in [2.75, 3.05) is 18.1 Å². The number of halogens is 1. The van der Waals surface area contributed by atoms with E-state index >= 15 is 0 Å². The van der Waals surface area contributed by atoms with Crippen molar-refractivity contribution in [3.8, 4) is 11.8 Å². The van der Waals surface area contributed by atoms with E-state index in [2.05, 4.69) is 6.07 Å². The van der Waals surface area contributed by atoms with E-state index in [9.17, 15) is 9.59 Å². The van der Waals surface area contributed by atoms with Crippen LogP contribution in [0.1, 0.15) is 23.1 Å². The summed E-state index contributed by atoms with van der Waals surface area (Å²) in [5.41, 5.74) is 3.47. The number of amides is 1. The molecular weight excluding hydrogens is 404 g/mol. The number of nitrogens with zero attached hydrogens (tertiary/aromatic N) is 2. The number of carbonyl (C=O) groups excluding carboxylic acids is 1. The van der Waals surface area contributed by atoms with E-state index in [-0.39, 0.29) is 31.2 Å². The highest BCUT2D eigenvalue weighted by atomic mass is 35.5. The number of benzene rings is 2. The molecule has 0 atom stereocenters. The second-order valence-electron chi connectivity index (χ2n) is 7.04. The molecule has 0 unspecified atom stereocenters. The number of aryl methyl sites for hydroxylation is 3. The largest absolute Gasteiger partial charge is 0.482 e. The zero-order valence-corrected chi connectivity index (χ0v) is 17.7. The first-order chi connectivity index (χ1) is 14.3. The molecule has 0 radical (unpaired) electrons. The molecule has 3 aromatic rings. The topological polar surface area (TPSA) is 83.5 Å². The summed E-state index contributed by atoms with van der Waals surface area (Å²) in [4.78, 5) is 26.0. The smallest absolute Gasteiger partial charge is 0.336 e. The number of hydrogen-bond donors (Lipinski definition) is 0. The van der Waals surface area contributed by atoms with Crippen LogP contribution in [0.2, 0.25) is 5.02 Å². The van der Waals surface area contributed by atoms with Gasteiger partial charge in [0.05, 0.1) is 17.5 Å². The van der Waals surface area contributed by atoms with E-state index in [1.807, 2.05) is 32.0 Å². The second-order valence-corrected chi connectivity index (χ2v) is 7.45. The average molecular weight is 425 g/mol. The lowest BCUT2D eigenvalue weighted by molar-refractivity contribution is -0.120. The Morgan fingerprint density at radius 2 is 1.90 bits per heavy atom. The standard InChI is InChI=1S/C23H21ClN2O4/c1-14-5-6-17(9-15(14)2)26(8-4-7-25)22(27)13-29-21-12-20-18(11-19(21)24)16(3)10-23(28)30-20/h5-6,9-12H,4,8,13H2,1-3H3. The van der Waals surface area contributed by atoms with Gasteiger partial charge in [-0.3, -0.25) is 4.79 Å². The molecule has 0 fully saturated rings. The van der Waals surface area contributed by atoms with Crippen molar-refractivity contribution in [1.82, 2.24) is 0 Å². The third kappa shape index (κ3) is 4.64. The Hall–Kier alpha value is -3.30. The van der Waals surface area contributed by atoms with Gasteiger partial charge in [0, 0.05) is 29.8 Å². The summed E-state index contributed by atoms with van der Waals surface area (Å²) in [6.07, 6.45) is 0.194. The monoisotopic (exact) mass is 424 g/mol. The molecule has 0 saturated carbocycles. The highest BCUT2D eigenvalue weighted by Gasteiger charge is 2.18. The number of ether oxygens (including phenoxy) is 1. The minimum absolute atomic E-state index is 0.194. The van der Waals surface area contributed by atoms with Gasteiger partial charge in [-0.1, -0.05) is 17.7 Å². The van der Waals surface area contributed by atoms with Gasteiger partial charge in [-0.2, -0.15) is 5.26 Å². The first-order valence-corrected chi connectivity index (χ1v) is 9.79. The molecule has 0 bridgehead atoms. The van der Waals surface area contributed by atoms with Crippen molar-refractivity contribution >= 4 is 34.2 Å². The summed E-state index contributed by atoms with van der Waals surface area (Å²) in [5, 5.41) is 9.97. The highest BCUT2D eigenvalue weighted by molar-refractivity contribution is 6.32. The second kappa shape index (κ2) is 9.02. The molecule has 1 aromatic heterocycles. The predicted octanol–water partition coefficient (Wildman–Crippen LogP) is 4.70. The number of hydrogen-bond acceptors (Lipinski definition) is 5. The summed E-state index contributed by atoms with van der Waals surface area (Å²) < 4.78 is 10.9. The first kappa shape index (κ1) is 21.4. The Morgan fingerprint density at radius 3 is 2.60 bits per heavy atom. The summed E-state index contributed by atoms with van der Waals surface area (Å²) in [7, 11) is 0. The molecule has 1 amide bonds. The van der Waals surface area contributed by atoms with Crippen LogP contribution in [0, 0.1) is 32.1 Å². The van der Waals surface area contributed by atoms with Crippen molar-refractivity contribution in [2.45, 2.75) is 27.2 Å². The van der Waals surface area contributed by atoms with Crippen molar-refractivity contribution < 1.29 is 13.9 Å². The Kier molecular flexibility index (Phi) is 6.43. The molecule has 3 rings (SSSR count). The average Bonchev–Trinajstić information content (AvgIpc) is 2.70. The number of rotatable bonds is 6. The molecule has 0 N–H and O–H groups in total. The van der Waals surface area contributed by atoms with Crippen molar-refractivity contribution in [3.05, 3.63) is 68.5 Å². The molecule has 1 heterocycles. The van der Waals surface area contributed by atoms with Crippen molar-refractivity contribution in [2.24, 2.45) is 0 Å². The number of carbonyl (C=O) groups is 1. The Balaban J connectivity index is 1.84. The number of nitriles is 1. The van der Waals surface area contributed by atoms with Crippen LogP contribution in [0.15, 0.2) is 45.6 Å². The molecule has 154 valence electrons. The maximum absolute atomic E-state index is 12.9. The minimum Gasteiger partial charge on any atom is -0.482 e. The summed E-state index contributed by atoms with van der Waals surface area (Å²) in [6, 6.07) is 12.3. The van der Waals surface area contributed by atoms with Crippen molar-refractivity contribution in [3.63, 3.8) is 0 Å². The van der Waals surface area contributed by atoms with E-state index < -0.39 is 5.63 Å². The molecule has 0 aliphatic heterocycles. The Bertz CT molecular complexity index is 1210. The van der Waals surface area contributed by atoms with Crippen LogP contribution in [-0.4, -0.2) is 19.1 Å². The maximum atomic E-state index is 12.9. The van der Waals surface area contributed by atoms with Gasteiger partial charge >= 0.3 is 5.63 Å². The van der Waals surface area contributed by atoms with E-state index in [4.69, 9.17) is 26.0 Å². The van der Waals surface area contributed by atoms with Gasteiger partial charge in [-0.25, -0.2) is 4.79 Å². The summed E-state index contributed by atoms with van der Waals surface area (Å²) in [6.45, 7) is 5.72. The van der Waals surface area contributed by atoms with Crippen molar-refractivity contribution in [1.29, 1.82) is 5.26 Å². The third-order valence-electron chi connectivity index (χ3n) is 4.91. The summed E-state index contributed by atoms with van der Waals surface area (Å²) >= 11 is 6.30. The van der Waals surface area contributed by atoms with E-state index in [0.29, 0.717) is 21.7 Å². The predicted molar refractivity (Wildman–Crippen MR) is 116 cm³/mol. The van der Waals surface area contributed by atoms with Crippen LogP contribution < -0.4 is 15.3 Å². The highest BCUT2D eigenvalue weighted by Crippen LogP contribution is 2.31. The van der Waals surface area contributed by atoms with Crippen LogP contribution in [0.3, 0.4) is 0 Å². The molecule has 0 aliphatic carbocycles. The fraction of sp³-hybridized carbons (Fsp3) is 0.261. The number of anilines is 1. The third-order valence-corrected chi connectivity index (χ3v) is 5.20. The molecule has 2 aromatic carbocycles. The normalized spacial score (nSPS) is 10.6. The molecular formula is C23H21ClN2O4. The SMILES string of the molecule is Cc1ccc(N(CCC#N)C(=O)COc2cc3oc(=O)cc(C)c3cc2Cl)cc1C. The zero-order valence-electron chi connectivity index (χ0n) is 17.0. The fourth-order valence-electron chi connectivity index (χ4n) is 3.10. The lowest BCUT2D eigenvalue weighted by atomic mass is 10.1. The van der Waals surface area contributed by atoms with Gasteiger partial charge in [0.2, 0.25) is 0 Å². The summed E-state index contributed by atoms with van der Waals surface area (Å²) in [5.74, 6) is -0.0676. The molecule has 6 nitrogen and oxygen atoms in total. The van der Waals surface area contributed by atoms with Crippen LogP contribution in [0.4, 0.5) is 5.69 Å². The van der Waals surface area contributed by atoms with Crippen LogP contribution in [-0.2, 0) is 4.79 Å². The van der Waals surface area contributed by atoms with Crippen LogP contribution in [0.5, 0.6) is 5.75 Å². The number of fused-ring (bicyclic) bond motifs is 1. The minimum atomic E-state index is -0.471. The van der Waals surface area contributed by atoms with Gasteiger partial charge in [0.1, 0.15) is 11.3 Å². The fourth-order valence-corrected chi connectivity index (χ4v) is 3.32. The maximum Gasteiger partial charge on any atom is 0.336 e. The van der Waals surface area contributed by atoms with Gasteiger partial charge in [-0.05, 0) is 55.7 Å². The van der Waals surface area contributed by atoms with Gasteiger partial charge in [0.25, 0.3) is 5.91 Å². The van der Waals surface area contributed by atoms with Gasteiger partial charge < -0.3 is 14.1 Å². The lowest BCUT2D eigenvalue weighted by Gasteiger charge is -2.23. The molecule has 0 spiro atoms. The van der Waals surface area contributed by atoms with Gasteiger partial charge in [-0.15, -0.1) is 0 Å². The van der Waals surface area contributed by atoms with Crippen LogP contribution in [0.25, 0.3) is 11.0 Å². The quantitative estimate of drug-likeness (QED) is 0.535. The van der Waals surface area contributed by atoms with E-state index in [0.717, 1.165) is 16.7 Å². The molecule has 0 saturated heterocycles. The van der Waals surface area contributed by atoms with E-state index in [1.165, 1.54) is 17.0 Å².